The molecule has 1 aromatic carbocycles. The predicted octanol–water partition coefficient (Wildman–Crippen LogP) is 2.18. The van der Waals surface area contributed by atoms with Crippen LogP contribution in [0, 0.1) is 0 Å². The monoisotopic (exact) mass is 415 g/mol. The van der Waals surface area contributed by atoms with Crippen LogP contribution in [-0.4, -0.2) is 59.1 Å². The molecule has 0 atom stereocenters. The molecule has 6 rings (SSSR count). The number of ether oxygens (including phenoxy) is 1. The van der Waals surface area contributed by atoms with Gasteiger partial charge in [-0.3, -0.25) is 4.79 Å². The van der Waals surface area contributed by atoms with E-state index in [2.05, 4.69) is 33.9 Å². The molecule has 0 radical (unpaired) electrons. The summed E-state index contributed by atoms with van der Waals surface area (Å²) < 4.78 is 7.52. The SMILES string of the molecule is COc1ccc(-c2ncc3c(n2)-c2c(c4c(n2C)C2(CNC4=O)CN(C)C2)CC3)cc1. The van der Waals surface area contributed by atoms with E-state index < -0.39 is 0 Å². The third kappa shape index (κ3) is 2.53. The molecular formula is C24H25N5O2. The van der Waals surface area contributed by atoms with Crippen LogP contribution in [0.15, 0.2) is 30.5 Å². The van der Waals surface area contributed by atoms with Crippen molar-refractivity contribution in [1.82, 2.24) is 24.8 Å². The van der Waals surface area contributed by atoms with Crippen molar-refractivity contribution < 1.29 is 9.53 Å². The summed E-state index contributed by atoms with van der Waals surface area (Å²) in [7, 11) is 5.89. The quantitative estimate of drug-likeness (QED) is 0.695. The number of amides is 1. The lowest BCUT2D eigenvalue weighted by atomic mass is 9.72. The molecule has 31 heavy (non-hydrogen) atoms. The van der Waals surface area contributed by atoms with E-state index in [0.29, 0.717) is 12.4 Å². The van der Waals surface area contributed by atoms with Crippen molar-refractivity contribution in [2.45, 2.75) is 18.3 Å². The molecule has 1 spiro atoms. The minimum absolute atomic E-state index is 0.00388. The minimum atomic E-state index is -0.00388. The molecular weight excluding hydrogens is 390 g/mol. The van der Waals surface area contributed by atoms with E-state index in [1.807, 2.05) is 30.5 Å². The van der Waals surface area contributed by atoms with Crippen molar-refractivity contribution in [3.8, 4) is 28.5 Å². The smallest absolute Gasteiger partial charge is 0.253 e. The number of benzene rings is 1. The molecule has 0 unspecified atom stereocenters. The van der Waals surface area contributed by atoms with Crippen LogP contribution in [0.3, 0.4) is 0 Å². The maximum Gasteiger partial charge on any atom is 0.253 e. The Balaban J connectivity index is 1.52. The highest BCUT2D eigenvalue weighted by Gasteiger charge is 2.51. The Labute approximate surface area is 181 Å². The number of fused-ring (bicyclic) bond motifs is 6. The van der Waals surface area contributed by atoms with Crippen molar-refractivity contribution in [3.63, 3.8) is 0 Å². The van der Waals surface area contributed by atoms with E-state index in [-0.39, 0.29) is 11.3 Å². The van der Waals surface area contributed by atoms with Crippen molar-refractivity contribution in [1.29, 1.82) is 0 Å². The topological polar surface area (TPSA) is 72.3 Å². The number of likely N-dealkylation sites (N-methyl/N-ethyl adjacent to an activating group) is 1. The second-order valence-corrected chi connectivity index (χ2v) is 9.04. The Hall–Kier alpha value is -3.19. The Morgan fingerprint density at radius 1 is 1.13 bits per heavy atom. The first-order valence-corrected chi connectivity index (χ1v) is 10.7. The van der Waals surface area contributed by atoms with E-state index in [4.69, 9.17) is 9.72 Å². The van der Waals surface area contributed by atoms with E-state index in [1.54, 1.807) is 7.11 Å². The average molecular weight is 415 g/mol. The molecule has 1 saturated heterocycles. The zero-order chi connectivity index (χ0) is 21.3. The molecule has 4 heterocycles. The van der Waals surface area contributed by atoms with Crippen molar-refractivity contribution in [3.05, 3.63) is 52.8 Å². The van der Waals surface area contributed by atoms with Gasteiger partial charge in [-0.05, 0) is 55.3 Å². The lowest BCUT2D eigenvalue weighted by Crippen LogP contribution is -2.65. The fourth-order valence-corrected chi connectivity index (χ4v) is 5.76. The second-order valence-electron chi connectivity index (χ2n) is 9.04. The zero-order valence-corrected chi connectivity index (χ0v) is 18.0. The lowest BCUT2D eigenvalue weighted by molar-refractivity contribution is 0.0671. The molecule has 3 aliphatic rings. The molecule has 1 aliphatic carbocycles. The highest BCUT2D eigenvalue weighted by molar-refractivity contribution is 6.01. The van der Waals surface area contributed by atoms with Crippen LogP contribution in [0.5, 0.6) is 5.75 Å². The normalized spacial score (nSPS) is 18.6. The molecule has 0 saturated carbocycles. The van der Waals surface area contributed by atoms with Crippen molar-refractivity contribution in [2.24, 2.45) is 7.05 Å². The number of carbonyl (C=O) groups excluding carboxylic acids is 1. The van der Waals surface area contributed by atoms with Gasteiger partial charge in [0.15, 0.2) is 5.82 Å². The molecule has 158 valence electrons. The maximum absolute atomic E-state index is 13.0. The predicted molar refractivity (Wildman–Crippen MR) is 117 cm³/mol. The van der Waals surface area contributed by atoms with Gasteiger partial charge in [-0.15, -0.1) is 0 Å². The highest BCUT2D eigenvalue weighted by atomic mass is 16.5. The highest BCUT2D eigenvalue weighted by Crippen LogP contribution is 2.45. The van der Waals surface area contributed by atoms with Gasteiger partial charge in [-0.25, -0.2) is 9.97 Å². The van der Waals surface area contributed by atoms with E-state index in [1.165, 1.54) is 5.69 Å². The van der Waals surface area contributed by atoms with Crippen LogP contribution >= 0.6 is 0 Å². The van der Waals surface area contributed by atoms with Crippen LogP contribution in [0.4, 0.5) is 0 Å². The fraction of sp³-hybridized carbons (Fsp3) is 0.375. The van der Waals surface area contributed by atoms with Crippen LogP contribution < -0.4 is 10.1 Å². The summed E-state index contributed by atoms with van der Waals surface area (Å²) >= 11 is 0. The largest absolute Gasteiger partial charge is 0.497 e. The number of rotatable bonds is 2. The van der Waals surface area contributed by atoms with Gasteiger partial charge in [0.25, 0.3) is 5.91 Å². The molecule has 2 aliphatic heterocycles. The molecule has 2 aromatic heterocycles. The van der Waals surface area contributed by atoms with Gasteiger partial charge in [0, 0.05) is 44.1 Å². The first kappa shape index (κ1) is 18.6. The molecule has 7 heteroatoms. The zero-order valence-electron chi connectivity index (χ0n) is 18.0. The number of hydrogen-bond acceptors (Lipinski definition) is 5. The van der Waals surface area contributed by atoms with Crippen LogP contribution in [0.2, 0.25) is 0 Å². The maximum atomic E-state index is 13.0. The lowest BCUT2D eigenvalue weighted by Gasteiger charge is -2.51. The number of carbonyl (C=O) groups is 1. The summed E-state index contributed by atoms with van der Waals surface area (Å²) in [4.78, 5) is 24.9. The van der Waals surface area contributed by atoms with Crippen LogP contribution in [0.25, 0.3) is 22.8 Å². The van der Waals surface area contributed by atoms with Crippen molar-refractivity contribution >= 4 is 5.91 Å². The molecule has 1 amide bonds. The second kappa shape index (κ2) is 6.40. The van der Waals surface area contributed by atoms with Crippen molar-refractivity contribution in [2.75, 3.05) is 33.8 Å². The molecule has 1 N–H and O–H groups in total. The van der Waals surface area contributed by atoms with Gasteiger partial charge in [0.2, 0.25) is 0 Å². The standard InChI is InChI=1S/C24H25N5O2/c1-28-12-24(13-28)11-26-23(30)18-17-9-6-15-10-25-22(14-4-7-16(31-3)8-5-14)27-19(15)20(17)29(2)21(18)24/h4-5,7-8,10H,6,9,11-13H2,1-3H3,(H,26,30). The number of hydrogen-bond donors (Lipinski definition) is 1. The molecule has 7 nitrogen and oxygen atoms in total. The molecule has 1 fully saturated rings. The van der Waals surface area contributed by atoms with E-state index >= 15 is 0 Å². The Morgan fingerprint density at radius 2 is 1.90 bits per heavy atom. The first-order chi connectivity index (χ1) is 15.0. The number of methoxy groups -OCH3 is 1. The summed E-state index contributed by atoms with van der Waals surface area (Å²) in [5, 5.41) is 3.16. The number of nitrogens with one attached hydrogen (secondary N) is 1. The van der Waals surface area contributed by atoms with Gasteiger partial charge >= 0.3 is 0 Å². The molecule has 0 bridgehead atoms. The third-order valence-electron chi connectivity index (χ3n) is 7.04. The summed E-state index contributed by atoms with van der Waals surface area (Å²) in [6.45, 7) is 2.63. The van der Waals surface area contributed by atoms with E-state index in [9.17, 15) is 4.79 Å². The Morgan fingerprint density at radius 3 is 2.61 bits per heavy atom. The fourth-order valence-electron chi connectivity index (χ4n) is 5.76. The third-order valence-corrected chi connectivity index (χ3v) is 7.04. The summed E-state index contributed by atoms with van der Waals surface area (Å²) in [6, 6.07) is 7.80. The van der Waals surface area contributed by atoms with Gasteiger partial charge in [0.05, 0.1) is 29.5 Å². The minimum Gasteiger partial charge on any atom is -0.497 e. The van der Waals surface area contributed by atoms with E-state index in [0.717, 1.165) is 65.3 Å². The van der Waals surface area contributed by atoms with Gasteiger partial charge in [0.1, 0.15) is 5.75 Å². The number of likely N-dealkylation sites (tertiary alicyclic amines) is 1. The van der Waals surface area contributed by atoms with Crippen LogP contribution in [-0.2, 0) is 25.3 Å². The summed E-state index contributed by atoms with van der Waals surface area (Å²) in [6.07, 6.45) is 3.64. The number of aryl methyl sites for hydroxylation is 1. The summed E-state index contributed by atoms with van der Waals surface area (Å²) in [5.41, 5.74) is 7.31. The molecule has 3 aromatic rings. The number of aromatic nitrogens is 3. The number of nitrogens with zero attached hydrogens (tertiary/aromatic N) is 4. The average Bonchev–Trinajstić information content (AvgIpc) is 3.09. The van der Waals surface area contributed by atoms with Gasteiger partial charge in [-0.1, -0.05) is 0 Å². The van der Waals surface area contributed by atoms with Crippen LogP contribution in [0.1, 0.15) is 27.2 Å². The Kier molecular flexibility index (Phi) is 3.84. The van der Waals surface area contributed by atoms with Gasteiger partial charge in [-0.2, -0.15) is 0 Å². The first-order valence-electron chi connectivity index (χ1n) is 10.7. The van der Waals surface area contributed by atoms with Gasteiger partial charge < -0.3 is 19.5 Å². The summed E-state index contributed by atoms with van der Waals surface area (Å²) in [5.74, 6) is 1.55. The Bertz CT molecular complexity index is 1220.